The van der Waals surface area contributed by atoms with Crippen molar-refractivity contribution in [3.05, 3.63) is 65.1 Å². The van der Waals surface area contributed by atoms with Gasteiger partial charge in [-0.3, -0.25) is 0 Å². The van der Waals surface area contributed by atoms with Gasteiger partial charge in [-0.1, -0.05) is 47.6 Å². The Bertz CT molecular complexity index is 1150. The Kier molecular flexibility index (Phi) is 7.23. The molecule has 33 heavy (non-hydrogen) atoms. The van der Waals surface area contributed by atoms with Crippen molar-refractivity contribution < 1.29 is 4.21 Å². The lowest BCUT2D eigenvalue weighted by Crippen LogP contribution is -2.36. The fourth-order valence-corrected chi connectivity index (χ4v) is 5.37. The average molecular weight is 503 g/mol. The van der Waals surface area contributed by atoms with Gasteiger partial charge >= 0.3 is 0 Å². The van der Waals surface area contributed by atoms with Crippen LogP contribution in [0.1, 0.15) is 44.4 Å². The second kappa shape index (κ2) is 9.97. The summed E-state index contributed by atoms with van der Waals surface area (Å²) in [6.45, 7) is 7.42. The van der Waals surface area contributed by atoms with Crippen molar-refractivity contribution in [3.63, 3.8) is 0 Å². The number of benzene rings is 1. The van der Waals surface area contributed by atoms with Crippen molar-refractivity contribution in [1.29, 1.82) is 0 Å². The van der Waals surface area contributed by atoms with Gasteiger partial charge in [-0.25, -0.2) is 23.9 Å². The normalized spacial score (nSPS) is 17.3. The molecule has 4 rings (SSSR count). The Morgan fingerprint density at radius 3 is 2.70 bits per heavy atom. The van der Waals surface area contributed by atoms with Crippen LogP contribution < -0.4 is 15.4 Å². The van der Waals surface area contributed by atoms with E-state index in [0.29, 0.717) is 17.4 Å². The lowest BCUT2D eigenvalue weighted by atomic mass is 10.0. The second-order valence-corrected chi connectivity index (χ2v) is 12.2. The molecule has 0 spiro atoms. The molecule has 1 aromatic carbocycles. The molecular weight excluding hydrogens is 476 g/mol. The number of nitrogens with two attached hydrogens (primary N) is 1. The molecule has 0 saturated carbocycles. The van der Waals surface area contributed by atoms with E-state index < -0.39 is 11.0 Å². The van der Waals surface area contributed by atoms with Gasteiger partial charge in [0.1, 0.15) is 16.7 Å². The van der Waals surface area contributed by atoms with E-state index in [4.69, 9.17) is 17.3 Å². The molecule has 0 saturated heterocycles. The van der Waals surface area contributed by atoms with Gasteiger partial charge in [0, 0.05) is 30.2 Å². The summed E-state index contributed by atoms with van der Waals surface area (Å²) in [7, 11) is -1.16. The van der Waals surface area contributed by atoms with Crippen LogP contribution in [0.4, 0.5) is 11.6 Å². The van der Waals surface area contributed by atoms with Crippen LogP contribution in [0.2, 0.25) is 5.02 Å². The molecule has 1 aliphatic heterocycles. The van der Waals surface area contributed by atoms with Gasteiger partial charge < -0.3 is 10.6 Å². The number of anilines is 2. The van der Waals surface area contributed by atoms with Gasteiger partial charge in [-0.05, 0) is 44.4 Å². The maximum Gasteiger partial charge on any atom is 0.147 e. The Labute approximate surface area is 206 Å². The third-order valence-electron chi connectivity index (χ3n) is 5.32. The highest BCUT2D eigenvalue weighted by molar-refractivity contribution is 7.99. The molecule has 3 aromatic rings. The summed E-state index contributed by atoms with van der Waals surface area (Å²) in [6.07, 6.45) is 5.96. The summed E-state index contributed by atoms with van der Waals surface area (Å²) in [5.41, 5.74) is 8.17. The number of nitrogens with one attached hydrogen (secondary N) is 1. The molecule has 174 valence electrons. The zero-order valence-corrected chi connectivity index (χ0v) is 21.2. The fourth-order valence-electron chi connectivity index (χ4n) is 3.53. The van der Waals surface area contributed by atoms with E-state index in [9.17, 15) is 4.21 Å². The second-order valence-electron chi connectivity index (χ2n) is 8.78. The summed E-state index contributed by atoms with van der Waals surface area (Å²) >= 11 is 7.65. The van der Waals surface area contributed by atoms with E-state index in [1.165, 1.54) is 22.9 Å². The summed E-state index contributed by atoms with van der Waals surface area (Å²) in [6, 6.07) is 10.1. The highest BCUT2D eigenvalue weighted by atomic mass is 35.5. The monoisotopic (exact) mass is 502 g/mol. The Morgan fingerprint density at radius 2 is 1.97 bits per heavy atom. The minimum absolute atomic E-state index is 0.00772. The van der Waals surface area contributed by atoms with Gasteiger partial charge in [0.05, 0.1) is 33.1 Å². The molecule has 0 bridgehead atoms. The number of hydrogen-bond donors (Lipinski definition) is 2. The highest BCUT2D eigenvalue weighted by Crippen LogP contribution is 2.35. The minimum atomic E-state index is -1.16. The first kappa shape index (κ1) is 23.9. The standard InChI is InChI=1S/C23H27ClN6OS2/c1-23(2,3)33(31)29-17-9-11-30(14-15-6-4-5-7-16(15)17)19-12-28-20(13-27-19)32-18-8-10-26-22(25)21(18)24/h4-8,10,12-13,17,29H,9,11,14H2,1-3H3,(H2,25,26)/t17-,33+/m0/s1. The number of halogens is 1. The molecular formula is C23H27ClN6OS2. The van der Waals surface area contributed by atoms with Crippen molar-refractivity contribution >= 4 is 46.0 Å². The lowest BCUT2D eigenvalue weighted by Gasteiger charge is -2.24. The maximum absolute atomic E-state index is 12.8. The summed E-state index contributed by atoms with van der Waals surface area (Å²) in [5, 5.41) is 1.14. The number of fused-ring (bicyclic) bond motifs is 1. The summed E-state index contributed by atoms with van der Waals surface area (Å²) in [5.74, 6) is 1.09. The maximum atomic E-state index is 12.8. The third kappa shape index (κ3) is 5.66. The quantitative estimate of drug-likeness (QED) is 0.519. The van der Waals surface area contributed by atoms with E-state index in [0.717, 1.165) is 28.7 Å². The van der Waals surface area contributed by atoms with Gasteiger partial charge in [0.2, 0.25) is 0 Å². The van der Waals surface area contributed by atoms with E-state index >= 15 is 0 Å². The summed E-state index contributed by atoms with van der Waals surface area (Å²) < 4.78 is 15.8. The number of pyridine rings is 1. The van der Waals surface area contributed by atoms with Crippen LogP contribution in [0.5, 0.6) is 0 Å². The molecule has 3 N–H and O–H groups in total. The smallest absolute Gasteiger partial charge is 0.147 e. The zero-order valence-electron chi connectivity index (χ0n) is 18.8. The number of rotatable bonds is 5. The molecule has 1 aliphatic rings. The van der Waals surface area contributed by atoms with E-state index in [-0.39, 0.29) is 10.8 Å². The van der Waals surface area contributed by atoms with E-state index in [2.05, 4.69) is 36.7 Å². The van der Waals surface area contributed by atoms with Crippen molar-refractivity contribution in [2.24, 2.45) is 0 Å². The van der Waals surface area contributed by atoms with Crippen LogP contribution in [0, 0.1) is 0 Å². The largest absolute Gasteiger partial charge is 0.382 e. The molecule has 0 radical (unpaired) electrons. The van der Waals surface area contributed by atoms with Gasteiger partial charge in [0.25, 0.3) is 0 Å². The van der Waals surface area contributed by atoms with Crippen LogP contribution in [0.25, 0.3) is 0 Å². The zero-order chi connectivity index (χ0) is 23.6. The SMILES string of the molecule is CC(C)(C)[S@@](=O)N[C@H]1CCN(c2cnc(Sc3ccnc(N)c3Cl)cn2)Cc2ccccc21. The molecule has 2 atom stereocenters. The molecule has 3 heterocycles. The summed E-state index contributed by atoms with van der Waals surface area (Å²) in [4.78, 5) is 16.2. The average Bonchev–Trinajstić information content (AvgIpc) is 2.97. The minimum Gasteiger partial charge on any atom is -0.382 e. The van der Waals surface area contributed by atoms with Crippen LogP contribution in [0.15, 0.2) is 58.8 Å². The molecule has 0 fully saturated rings. The molecule has 0 unspecified atom stereocenters. The van der Waals surface area contributed by atoms with E-state index in [1.54, 1.807) is 24.7 Å². The van der Waals surface area contributed by atoms with Crippen molar-refractivity contribution in [2.45, 2.75) is 54.4 Å². The van der Waals surface area contributed by atoms with Crippen LogP contribution in [0.3, 0.4) is 0 Å². The van der Waals surface area contributed by atoms with Crippen molar-refractivity contribution in [3.8, 4) is 0 Å². The fraction of sp³-hybridized carbons (Fsp3) is 0.348. The van der Waals surface area contributed by atoms with Crippen molar-refractivity contribution in [1.82, 2.24) is 19.7 Å². The van der Waals surface area contributed by atoms with Gasteiger partial charge in [0.15, 0.2) is 0 Å². The van der Waals surface area contributed by atoms with E-state index in [1.807, 2.05) is 32.9 Å². The van der Waals surface area contributed by atoms with Crippen LogP contribution in [-0.4, -0.2) is 30.5 Å². The first-order valence-electron chi connectivity index (χ1n) is 10.6. The number of hydrogen-bond acceptors (Lipinski definition) is 7. The molecule has 0 aliphatic carbocycles. The first-order chi connectivity index (χ1) is 15.7. The molecule has 7 nitrogen and oxygen atoms in total. The Balaban J connectivity index is 1.52. The lowest BCUT2D eigenvalue weighted by molar-refractivity contribution is 0.575. The topological polar surface area (TPSA) is 97.0 Å². The number of aromatic nitrogens is 3. The van der Waals surface area contributed by atoms with Crippen LogP contribution >= 0.6 is 23.4 Å². The van der Waals surface area contributed by atoms with Gasteiger partial charge in [-0.2, -0.15) is 0 Å². The Hall–Kier alpha value is -2.20. The predicted octanol–water partition coefficient (Wildman–Crippen LogP) is 4.76. The number of nitrogen functional groups attached to an aromatic ring is 1. The predicted molar refractivity (Wildman–Crippen MR) is 136 cm³/mol. The van der Waals surface area contributed by atoms with Gasteiger partial charge in [-0.15, -0.1) is 0 Å². The molecule has 0 amide bonds. The Morgan fingerprint density at radius 1 is 1.18 bits per heavy atom. The third-order valence-corrected chi connectivity index (χ3v) is 8.42. The molecule has 10 heteroatoms. The number of nitrogens with zero attached hydrogens (tertiary/aromatic N) is 4. The highest BCUT2D eigenvalue weighted by Gasteiger charge is 2.28. The van der Waals surface area contributed by atoms with Crippen LogP contribution in [-0.2, 0) is 17.5 Å². The first-order valence-corrected chi connectivity index (χ1v) is 13.0. The van der Waals surface area contributed by atoms with Crippen molar-refractivity contribution in [2.75, 3.05) is 17.2 Å². The molecule has 2 aromatic heterocycles.